The molecular formula is C20H36N4O2. The van der Waals surface area contributed by atoms with Gasteiger partial charge in [0.15, 0.2) is 5.96 Å². The fourth-order valence-electron chi connectivity index (χ4n) is 2.56. The van der Waals surface area contributed by atoms with E-state index in [1.807, 2.05) is 19.1 Å². The topological polar surface area (TPSA) is 49.3 Å². The summed E-state index contributed by atoms with van der Waals surface area (Å²) in [5, 5.41) is 3.37. The standard InChI is InChI=1S/C20H36N4O2/c1-6-21-20(22-13-8-14-23(3)15-16-25-5)24(4)17-18-9-11-19(12-10-18)26-7-2/h9-12H,6-8,13-17H2,1-5H3,(H,21,22). The van der Waals surface area contributed by atoms with Crippen LogP contribution in [0.5, 0.6) is 5.75 Å². The van der Waals surface area contributed by atoms with E-state index in [2.05, 4.69) is 48.3 Å². The Morgan fingerprint density at radius 1 is 1.12 bits per heavy atom. The van der Waals surface area contributed by atoms with Crippen molar-refractivity contribution in [3.8, 4) is 5.75 Å². The molecule has 0 aromatic heterocycles. The normalized spacial score (nSPS) is 11.7. The fraction of sp³-hybridized carbons (Fsp3) is 0.650. The first-order valence-electron chi connectivity index (χ1n) is 9.49. The van der Waals surface area contributed by atoms with Crippen LogP contribution in [0.4, 0.5) is 0 Å². The van der Waals surface area contributed by atoms with E-state index in [9.17, 15) is 0 Å². The van der Waals surface area contributed by atoms with E-state index in [1.54, 1.807) is 7.11 Å². The van der Waals surface area contributed by atoms with Gasteiger partial charge in [0, 0.05) is 40.3 Å². The summed E-state index contributed by atoms with van der Waals surface area (Å²) in [4.78, 5) is 9.19. The van der Waals surface area contributed by atoms with Gasteiger partial charge in [-0.1, -0.05) is 12.1 Å². The van der Waals surface area contributed by atoms with Gasteiger partial charge in [0.25, 0.3) is 0 Å². The van der Waals surface area contributed by atoms with Crippen LogP contribution in [0.15, 0.2) is 29.3 Å². The van der Waals surface area contributed by atoms with E-state index in [0.29, 0.717) is 6.61 Å². The van der Waals surface area contributed by atoms with E-state index in [-0.39, 0.29) is 0 Å². The van der Waals surface area contributed by atoms with Crippen molar-refractivity contribution in [2.75, 3.05) is 60.6 Å². The van der Waals surface area contributed by atoms with Crippen molar-refractivity contribution in [1.82, 2.24) is 15.1 Å². The monoisotopic (exact) mass is 364 g/mol. The van der Waals surface area contributed by atoms with Gasteiger partial charge in [-0.25, -0.2) is 0 Å². The SMILES string of the molecule is CCNC(=NCCCN(C)CCOC)N(C)Cc1ccc(OCC)cc1. The molecular weight excluding hydrogens is 328 g/mol. The molecule has 1 aromatic carbocycles. The highest BCUT2D eigenvalue weighted by Crippen LogP contribution is 2.13. The quantitative estimate of drug-likeness (QED) is 0.351. The van der Waals surface area contributed by atoms with Crippen LogP contribution in [0.1, 0.15) is 25.8 Å². The van der Waals surface area contributed by atoms with Gasteiger partial charge >= 0.3 is 0 Å². The summed E-state index contributed by atoms with van der Waals surface area (Å²) in [6.45, 7) is 10.0. The first-order valence-corrected chi connectivity index (χ1v) is 9.49. The van der Waals surface area contributed by atoms with Gasteiger partial charge in [0.1, 0.15) is 5.75 Å². The highest BCUT2D eigenvalue weighted by Gasteiger charge is 2.07. The van der Waals surface area contributed by atoms with Crippen LogP contribution in [-0.2, 0) is 11.3 Å². The van der Waals surface area contributed by atoms with Crippen molar-refractivity contribution < 1.29 is 9.47 Å². The molecule has 1 rings (SSSR count). The van der Waals surface area contributed by atoms with Crippen LogP contribution >= 0.6 is 0 Å². The molecule has 0 bridgehead atoms. The lowest BCUT2D eigenvalue weighted by Crippen LogP contribution is -2.38. The molecule has 0 aliphatic rings. The maximum absolute atomic E-state index is 5.50. The van der Waals surface area contributed by atoms with Crippen molar-refractivity contribution in [2.24, 2.45) is 4.99 Å². The fourth-order valence-corrected chi connectivity index (χ4v) is 2.56. The summed E-state index contributed by atoms with van der Waals surface area (Å²) in [6.07, 6.45) is 1.03. The number of ether oxygens (including phenoxy) is 2. The number of rotatable bonds is 12. The average Bonchev–Trinajstić information content (AvgIpc) is 2.64. The van der Waals surface area contributed by atoms with Gasteiger partial charge in [-0.05, 0) is 51.6 Å². The Balaban J connectivity index is 2.50. The molecule has 1 aromatic rings. The predicted octanol–water partition coefficient (Wildman–Crippen LogP) is 2.45. The number of nitrogens with one attached hydrogen (secondary N) is 1. The molecule has 6 heteroatoms. The number of hydrogen-bond acceptors (Lipinski definition) is 4. The summed E-state index contributed by atoms with van der Waals surface area (Å²) in [6, 6.07) is 8.25. The summed E-state index contributed by atoms with van der Waals surface area (Å²) < 4.78 is 10.6. The third-order valence-corrected chi connectivity index (χ3v) is 3.99. The van der Waals surface area contributed by atoms with E-state index in [0.717, 1.165) is 57.5 Å². The second-order valence-electron chi connectivity index (χ2n) is 6.32. The zero-order valence-corrected chi connectivity index (χ0v) is 17.1. The minimum absolute atomic E-state index is 0.692. The molecule has 1 N–H and O–H groups in total. The van der Waals surface area contributed by atoms with E-state index in [1.165, 1.54) is 5.56 Å². The predicted molar refractivity (Wildman–Crippen MR) is 109 cm³/mol. The first kappa shape index (κ1) is 22.3. The van der Waals surface area contributed by atoms with Crippen molar-refractivity contribution in [3.05, 3.63) is 29.8 Å². The van der Waals surface area contributed by atoms with Crippen molar-refractivity contribution in [1.29, 1.82) is 0 Å². The molecule has 0 aliphatic carbocycles. The Morgan fingerprint density at radius 2 is 1.85 bits per heavy atom. The number of benzene rings is 1. The summed E-state index contributed by atoms with van der Waals surface area (Å²) >= 11 is 0. The van der Waals surface area contributed by atoms with Crippen LogP contribution in [0.25, 0.3) is 0 Å². The molecule has 148 valence electrons. The number of hydrogen-bond donors (Lipinski definition) is 1. The Labute approximate surface area is 159 Å². The molecule has 0 heterocycles. The van der Waals surface area contributed by atoms with Gasteiger partial charge < -0.3 is 24.6 Å². The minimum atomic E-state index is 0.692. The van der Waals surface area contributed by atoms with E-state index >= 15 is 0 Å². The van der Waals surface area contributed by atoms with Crippen LogP contribution in [0.3, 0.4) is 0 Å². The Kier molecular flexibility index (Phi) is 11.5. The lowest BCUT2D eigenvalue weighted by molar-refractivity contribution is 0.161. The largest absolute Gasteiger partial charge is 0.494 e. The van der Waals surface area contributed by atoms with Crippen molar-refractivity contribution in [3.63, 3.8) is 0 Å². The van der Waals surface area contributed by atoms with Crippen LogP contribution in [-0.4, -0.2) is 76.4 Å². The second-order valence-corrected chi connectivity index (χ2v) is 6.32. The minimum Gasteiger partial charge on any atom is -0.494 e. The Hall–Kier alpha value is -1.79. The average molecular weight is 365 g/mol. The van der Waals surface area contributed by atoms with Gasteiger partial charge in [-0.15, -0.1) is 0 Å². The molecule has 0 amide bonds. The second kappa shape index (κ2) is 13.4. The summed E-state index contributed by atoms with van der Waals surface area (Å²) in [5.41, 5.74) is 1.24. The molecule has 6 nitrogen and oxygen atoms in total. The number of nitrogens with zero attached hydrogens (tertiary/aromatic N) is 3. The molecule has 0 fully saturated rings. The van der Waals surface area contributed by atoms with Gasteiger partial charge in [0.2, 0.25) is 0 Å². The number of aliphatic imine (C=N–C) groups is 1. The zero-order valence-electron chi connectivity index (χ0n) is 17.1. The maximum atomic E-state index is 5.50. The van der Waals surface area contributed by atoms with Crippen LogP contribution in [0, 0.1) is 0 Å². The van der Waals surface area contributed by atoms with Crippen molar-refractivity contribution >= 4 is 5.96 Å². The third kappa shape index (κ3) is 9.06. The highest BCUT2D eigenvalue weighted by atomic mass is 16.5. The van der Waals surface area contributed by atoms with Crippen LogP contribution in [0.2, 0.25) is 0 Å². The smallest absolute Gasteiger partial charge is 0.193 e. The summed E-state index contributed by atoms with van der Waals surface area (Å²) in [5.74, 6) is 1.86. The summed E-state index contributed by atoms with van der Waals surface area (Å²) in [7, 11) is 5.93. The highest BCUT2D eigenvalue weighted by molar-refractivity contribution is 5.79. The lowest BCUT2D eigenvalue weighted by Gasteiger charge is -2.22. The zero-order chi connectivity index (χ0) is 19.2. The molecule has 0 radical (unpaired) electrons. The molecule has 0 spiro atoms. The lowest BCUT2D eigenvalue weighted by atomic mass is 10.2. The number of likely N-dealkylation sites (N-methyl/N-ethyl adjacent to an activating group) is 1. The number of methoxy groups -OCH3 is 1. The molecule has 26 heavy (non-hydrogen) atoms. The Morgan fingerprint density at radius 3 is 2.46 bits per heavy atom. The van der Waals surface area contributed by atoms with Gasteiger partial charge in [-0.3, -0.25) is 4.99 Å². The molecule has 0 saturated carbocycles. The number of guanidine groups is 1. The molecule has 0 unspecified atom stereocenters. The molecule has 0 saturated heterocycles. The van der Waals surface area contributed by atoms with Gasteiger partial charge in [-0.2, -0.15) is 0 Å². The van der Waals surface area contributed by atoms with E-state index in [4.69, 9.17) is 14.5 Å². The molecule has 0 aliphatic heterocycles. The van der Waals surface area contributed by atoms with Crippen molar-refractivity contribution in [2.45, 2.75) is 26.8 Å². The third-order valence-electron chi connectivity index (χ3n) is 3.99. The maximum Gasteiger partial charge on any atom is 0.193 e. The first-order chi connectivity index (χ1) is 12.6. The van der Waals surface area contributed by atoms with Gasteiger partial charge in [0.05, 0.1) is 13.2 Å². The van der Waals surface area contributed by atoms with E-state index < -0.39 is 0 Å². The Bertz CT molecular complexity index is 505. The molecule has 0 atom stereocenters. The van der Waals surface area contributed by atoms with Crippen LogP contribution < -0.4 is 10.1 Å².